The minimum absolute atomic E-state index is 0.0865. The highest BCUT2D eigenvalue weighted by molar-refractivity contribution is 7.91. The smallest absolute Gasteiger partial charge is 0.326 e. The molecule has 0 aromatic heterocycles. The average Bonchev–Trinajstić information content (AvgIpc) is 2.32. The Labute approximate surface area is 121 Å². The van der Waals surface area contributed by atoms with Crippen LogP contribution >= 0.6 is 0 Å². The van der Waals surface area contributed by atoms with E-state index in [1.165, 1.54) is 0 Å². The van der Waals surface area contributed by atoms with Gasteiger partial charge in [0, 0.05) is 12.5 Å². The maximum absolute atomic E-state index is 11.7. The molecule has 120 valence electrons. The van der Waals surface area contributed by atoms with Crippen LogP contribution in [0.5, 0.6) is 0 Å². The number of carbonyl (C=O) groups is 3. The third-order valence-electron chi connectivity index (χ3n) is 3.05. The number of hydrogen-bond donors (Lipinski definition) is 4. The van der Waals surface area contributed by atoms with Crippen molar-refractivity contribution in [2.24, 2.45) is 0 Å². The third kappa shape index (κ3) is 6.43. The van der Waals surface area contributed by atoms with E-state index in [1.54, 1.807) is 0 Å². The van der Waals surface area contributed by atoms with E-state index in [4.69, 9.17) is 10.2 Å². The maximum Gasteiger partial charge on any atom is 0.326 e. The molecule has 9 nitrogen and oxygen atoms in total. The summed E-state index contributed by atoms with van der Waals surface area (Å²) >= 11 is 0. The number of sulfone groups is 1. The number of aliphatic carboxylic acids is 2. The quantitative estimate of drug-likeness (QED) is 0.499. The minimum Gasteiger partial charge on any atom is -0.481 e. The number of urea groups is 1. The fraction of sp³-hybridized carbons (Fsp3) is 0.727. The maximum atomic E-state index is 11.7. The normalized spacial score (nSPS) is 22.0. The molecule has 1 heterocycles. The second kappa shape index (κ2) is 7.25. The molecule has 1 rings (SSSR count). The van der Waals surface area contributed by atoms with Gasteiger partial charge in [-0.25, -0.2) is 18.0 Å². The lowest BCUT2D eigenvalue weighted by Crippen LogP contribution is -2.51. The van der Waals surface area contributed by atoms with Crippen LogP contribution in [0, 0.1) is 0 Å². The van der Waals surface area contributed by atoms with Gasteiger partial charge in [0.15, 0.2) is 9.84 Å². The lowest BCUT2D eigenvalue weighted by molar-refractivity contribution is -0.140. The molecule has 1 aliphatic heterocycles. The van der Waals surface area contributed by atoms with Crippen molar-refractivity contribution in [3.05, 3.63) is 0 Å². The number of rotatable bonds is 6. The van der Waals surface area contributed by atoms with Gasteiger partial charge in [0.25, 0.3) is 0 Å². The fourth-order valence-corrected chi connectivity index (χ4v) is 3.68. The van der Waals surface area contributed by atoms with E-state index in [-0.39, 0.29) is 17.9 Å². The molecule has 0 bridgehead atoms. The average molecular weight is 322 g/mol. The first-order valence-electron chi connectivity index (χ1n) is 6.41. The molecule has 0 aliphatic carbocycles. The Balaban J connectivity index is 2.50. The van der Waals surface area contributed by atoms with Crippen molar-refractivity contribution in [1.29, 1.82) is 0 Å². The molecule has 4 N–H and O–H groups in total. The zero-order valence-electron chi connectivity index (χ0n) is 11.2. The van der Waals surface area contributed by atoms with Crippen LogP contribution in [-0.4, -0.2) is 60.2 Å². The molecular formula is C11H18N2O7S. The Kier molecular flexibility index (Phi) is 5.94. The van der Waals surface area contributed by atoms with Crippen molar-refractivity contribution >= 4 is 27.8 Å². The summed E-state index contributed by atoms with van der Waals surface area (Å²) in [6, 6.07) is -2.70. The summed E-state index contributed by atoms with van der Waals surface area (Å²) in [5.41, 5.74) is 0. The van der Waals surface area contributed by atoms with Crippen molar-refractivity contribution in [3.63, 3.8) is 0 Å². The van der Waals surface area contributed by atoms with E-state index < -0.39 is 46.3 Å². The summed E-state index contributed by atoms with van der Waals surface area (Å²) < 4.78 is 22.8. The number of hydrogen-bond acceptors (Lipinski definition) is 5. The number of carboxylic acid groups (broad SMARTS) is 2. The highest BCUT2D eigenvalue weighted by Crippen LogP contribution is 2.11. The second-order valence-corrected chi connectivity index (χ2v) is 7.12. The molecule has 1 saturated heterocycles. The summed E-state index contributed by atoms with van der Waals surface area (Å²) in [5.74, 6) is -2.60. The van der Waals surface area contributed by atoms with E-state index in [1.807, 2.05) is 0 Å². The molecular weight excluding hydrogens is 304 g/mol. The summed E-state index contributed by atoms with van der Waals surface area (Å²) in [4.78, 5) is 33.0. The standard InChI is InChI=1S/C11H18N2O7S/c14-9(15)4-3-8(10(16)17)13-11(18)12-7-2-1-5-21(19,20)6-7/h7-8H,1-6H2,(H,14,15)(H,16,17)(H2,12,13,18)/t7?,8-/m0/s1. The monoisotopic (exact) mass is 322 g/mol. The van der Waals surface area contributed by atoms with Crippen LogP contribution in [-0.2, 0) is 19.4 Å². The van der Waals surface area contributed by atoms with Crippen LogP contribution in [0.15, 0.2) is 0 Å². The fourth-order valence-electron chi connectivity index (χ4n) is 2.05. The van der Waals surface area contributed by atoms with Gasteiger partial charge in [-0.15, -0.1) is 0 Å². The summed E-state index contributed by atoms with van der Waals surface area (Å²) in [6.45, 7) is 0. The SMILES string of the molecule is O=C(O)CC[C@H](NC(=O)NC1CCCS(=O)(=O)C1)C(=O)O. The van der Waals surface area contributed by atoms with Crippen molar-refractivity contribution in [3.8, 4) is 0 Å². The zero-order valence-corrected chi connectivity index (χ0v) is 12.1. The lowest BCUT2D eigenvalue weighted by Gasteiger charge is -2.24. The van der Waals surface area contributed by atoms with Gasteiger partial charge >= 0.3 is 18.0 Å². The Morgan fingerprint density at radius 3 is 2.43 bits per heavy atom. The molecule has 21 heavy (non-hydrogen) atoms. The molecule has 1 fully saturated rings. The van der Waals surface area contributed by atoms with Crippen LogP contribution in [0.3, 0.4) is 0 Å². The predicted molar refractivity (Wildman–Crippen MR) is 71.6 cm³/mol. The summed E-state index contributed by atoms with van der Waals surface area (Å²) in [6.07, 6.45) is 0.296. The minimum atomic E-state index is -3.18. The Hall–Kier alpha value is -1.84. The predicted octanol–water partition coefficient (Wildman–Crippen LogP) is -0.819. The van der Waals surface area contributed by atoms with Crippen molar-refractivity contribution in [1.82, 2.24) is 10.6 Å². The molecule has 2 atom stereocenters. The van der Waals surface area contributed by atoms with Gasteiger partial charge < -0.3 is 20.8 Å². The van der Waals surface area contributed by atoms with Crippen molar-refractivity contribution in [2.45, 2.75) is 37.8 Å². The van der Waals surface area contributed by atoms with E-state index in [9.17, 15) is 22.8 Å². The molecule has 0 radical (unpaired) electrons. The molecule has 2 amide bonds. The van der Waals surface area contributed by atoms with Crippen molar-refractivity contribution < 1.29 is 33.0 Å². The van der Waals surface area contributed by atoms with Crippen LogP contribution in [0.2, 0.25) is 0 Å². The van der Waals surface area contributed by atoms with Crippen LogP contribution in [0.4, 0.5) is 4.79 Å². The number of amides is 2. The van der Waals surface area contributed by atoms with Crippen LogP contribution in [0.25, 0.3) is 0 Å². The third-order valence-corrected chi connectivity index (χ3v) is 4.87. The molecule has 10 heteroatoms. The highest BCUT2D eigenvalue weighted by atomic mass is 32.2. The first-order valence-corrected chi connectivity index (χ1v) is 8.24. The van der Waals surface area contributed by atoms with Gasteiger partial charge in [0.2, 0.25) is 0 Å². The molecule has 0 saturated carbocycles. The zero-order chi connectivity index (χ0) is 16.0. The molecule has 0 spiro atoms. The van der Waals surface area contributed by atoms with Crippen LogP contribution < -0.4 is 10.6 Å². The van der Waals surface area contributed by atoms with Gasteiger partial charge in [-0.1, -0.05) is 0 Å². The van der Waals surface area contributed by atoms with E-state index >= 15 is 0 Å². The van der Waals surface area contributed by atoms with Gasteiger partial charge in [-0.2, -0.15) is 0 Å². The first kappa shape index (κ1) is 17.2. The van der Waals surface area contributed by atoms with E-state index in [2.05, 4.69) is 10.6 Å². The number of nitrogens with one attached hydrogen (secondary N) is 2. The molecule has 1 aliphatic rings. The second-order valence-electron chi connectivity index (χ2n) is 4.89. The summed E-state index contributed by atoms with van der Waals surface area (Å²) in [7, 11) is -3.18. The number of carboxylic acids is 2. The Bertz CT molecular complexity index is 517. The van der Waals surface area contributed by atoms with Crippen LogP contribution in [0.1, 0.15) is 25.7 Å². The van der Waals surface area contributed by atoms with Gasteiger partial charge in [0.1, 0.15) is 6.04 Å². The topological polar surface area (TPSA) is 150 Å². The Morgan fingerprint density at radius 1 is 1.24 bits per heavy atom. The molecule has 1 unspecified atom stereocenters. The van der Waals surface area contributed by atoms with Crippen molar-refractivity contribution in [2.75, 3.05) is 11.5 Å². The van der Waals surface area contributed by atoms with E-state index in [0.29, 0.717) is 12.8 Å². The van der Waals surface area contributed by atoms with E-state index in [0.717, 1.165) is 0 Å². The van der Waals surface area contributed by atoms with Gasteiger partial charge in [-0.05, 0) is 19.3 Å². The molecule has 0 aromatic carbocycles. The van der Waals surface area contributed by atoms with Gasteiger partial charge in [-0.3, -0.25) is 4.79 Å². The molecule has 0 aromatic rings. The first-order chi connectivity index (χ1) is 9.69. The lowest BCUT2D eigenvalue weighted by atomic mass is 10.1. The highest BCUT2D eigenvalue weighted by Gasteiger charge is 2.27. The summed E-state index contributed by atoms with van der Waals surface area (Å²) in [5, 5.41) is 21.9. The van der Waals surface area contributed by atoms with Gasteiger partial charge in [0.05, 0.1) is 11.5 Å². The Morgan fingerprint density at radius 2 is 1.90 bits per heavy atom. The number of carbonyl (C=O) groups excluding carboxylic acids is 1. The largest absolute Gasteiger partial charge is 0.481 e.